The number of nitrogens with one attached hydrogen (secondary N) is 4. The van der Waals surface area contributed by atoms with Crippen LogP contribution in [0.15, 0.2) is 53.3 Å². The van der Waals surface area contributed by atoms with E-state index in [4.69, 9.17) is 30.0 Å². The van der Waals surface area contributed by atoms with Gasteiger partial charge < -0.3 is 65.8 Å². The highest BCUT2D eigenvalue weighted by atomic mass is 32.2. The van der Waals surface area contributed by atoms with Crippen molar-refractivity contribution in [3.05, 3.63) is 86.7 Å². The Morgan fingerprint density at radius 2 is 1.64 bits per heavy atom. The number of carbonyl (C=O) groups is 8. The van der Waals surface area contributed by atoms with Crippen molar-refractivity contribution in [3.8, 4) is 17.1 Å². The molecule has 0 spiro atoms. The number of carboxylic acid groups (broad SMARTS) is 1. The maximum absolute atomic E-state index is 13.7. The van der Waals surface area contributed by atoms with Gasteiger partial charge in [-0.25, -0.2) is 24.2 Å². The molecule has 4 aromatic rings. The van der Waals surface area contributed by atoms with Crippen LogP contribution in [-0.2, 0) is 65.2 Å². The molecule has 3 atom stereocenters. The Labute approximate surface area is 429 Å². The van der Waals surface area contributed by atoms with Gasteiger partial charge >= 0.3 is 30.2 Å². The first-order valence-electron chi connectivity index (χ1n) is 23.9. The normalized spacial score (nSPS) is 15.1. The fourth-order valence-electron chi connectivity index (χ4n) is 8.47. The molecule has 396 valence electrons. The Morgan fingerprint density at radius 1 is 0.932 bits per heavy atom. The second-order valence-electron chi connectivity index (χ2n) is 18.2. The number of nitrogens with zero attached hydrogens (tertiary/aromatic N) is 4. The summed E-state index contributed by atoms with van der Waals surface area (Å²) in [6.45, 7) is 7.18. The number of thioether (sulfide) groups is 1. The van der Waals surface area contributed by atoms with Crippen LogP contribution in [0.3, 0.4) is 0 Å². The average Bonchev–Trinajstić information content (AvgIpc) is 3.73. The van der Waals surface area contributed by atoms with Gasteiger partial charge in [-0.2, -0.15) is 0 Å². The number of amides is 7. The summed E-state index contributed by atoms with van der Waals surface area (Å²) >= 11 is 0.874. The molecular weight excluding hydrogens is 983 g/mol. The highest BCUT2D eigenvalue weighted by Crippen LogP contribution is 2.41. The van der Waals surface area contributed by atoms with E-state index in [-0.39, 0.29) is 98.5 Å². The number of likely N-dealkylation sites (N-methyl/N-ethyl adjacent to an activating group) is 2. The Balaban J connectivity index is 1.00. The van der Waals surface area contributed by atoms with E-state index in [1.807, 2.05) is 6.92 Å². The molecule has 0 saturated heterocycles. The third-order valence-corrected chi connectivity index (χ3v) is 13.6. The molecule has 6 rings (SSSR count). The molecule has 24 heteroatoms. The number of aliphatic hydroxyl groups is 1. The number of cyclic esters (lactones) is 1. The van der Waals surface area contributed by atoms with Gasteiger partial charge in [0.25, 0.3) is 5.56 Å². The minimum absolute atomic E-state index is 0.0248. The number of primary amides is 1. The molecule has 2 aromatic carbocycles. The zero-order valence-electron chi connectivity index (χ0n) is 41.9. The molecule has 0 unspecified atom stereocenters. The largest absolute Gasteiger partial charge is 0.481 e. The molecule has 0 radical (unpaired) electrons. The summed E-state index contributed by atoms with van der Waals surface area (Å²) in [7, 11) is 3.04. The molecule has 2 aromatic heterocycles. The topological polar surface area (TPSA) is 320 Å². The predicted molar refractivity (Wildman–Crippen MR) is 271 cm³/mol. The van der Waals surface area contributed by atoms with Gasteiger partial charge in [0.1, 0.15) is 31.0 Å². The van der Waals surface area contributed by atoms with Crippen LogP contribution in [0.2, 0.25) is 0 Å². The lowest BCUT2D eigenvalue weighted by atomic mass is 9.86. The van der Waals surface area contributed by atoms with Gasteiger partial charge in [0.05, 0.1) is 40.5 Å². The summed E-state index contributed by atoms with van der Waals surface area (Å²) in [5.41, 5.74) is 7.58. The van der Waals surface area contributed by atoms with E-state index in [1.165, 1.54) is 23.9 Å². The number of rotatable bonds is 22. The van der Waals surface area contributed by atoms with Crippen LogP contribution < -0.4 is 37.3 Å². The Kier molecular flexibility index (Phi) is 18.3. The van der Waals surface area contributed by atoms with Gasteiger partial charge in [0.2, 0.25) is 17.7 Å². The molecule has 74 heavy (non-hydrogen) atoms. The van der Waals surface area contributed by atoms with E-state index in [0.29, 0.717) is 34.6 Å². The molecule has 0 fully saturated rings. The molecule has 23 nitrogen and oxygen atoms in total. The Bertz CT molecular complexity index is 2890. The van der Waals surface area contributed by atoms with E-state index < -0.39 is 65.6 Å². The number of benzene rings is 2. The second-order valence-corrected chi connectivity index (χ2v) is 19.2. The van der Waals surface area contributed by atoms with Crippen LogP contribution in [-0.4, -0.2) is 135 Å². The molecule has 8 N–H and O–H groups in total. The summed E-state index contributed by atoms with van der Waals surface area (Å²) in [4.78, 5) is 121. The first-order valence-corrected chi connectivity index (χ1v) is 25.1. The monoisotopic (exact) mass is 1040 g/mol. The van der Waals surface area contributed by atoms with Crippen molar-refractivity contribution in [2.24, 2.45) is 11.7 Å². The third kappa shape index (κ3) is 13.1. The highest BCUT2D eigenvalue weighted by Gasteiger charge is 2.45. The van der Waals surface area contributed by atoms with Crippen LogP contribution in [0, 0.1) is 5.92 Å². The number of aromatic nitrogens is 2. The van der Waals surface area contributed by atoms with Gasteiger partial charge in [0.15, 0.2) is 5.60 Å². The number of hydrogen-bond acceptors (Lipinski definition) is 15. The molecule has 0 saturated carbocycles. The van der Waals surface area contributed by atoms with Crippen molar-refractivity contribution in [1.29, 1.82) is 0 Å². The number of esters is 1. The molecule has 2 aliphatic heterocycles. The quantitative estimate of drug-likeness (QED) is 0.0387. The second kappa shape index (κ2) is 24.3. The molecule has 7 amide bonds. The maximum atomic E-state index is 13.7. The van der Waals surface area contributed by atoms with Crippen LogP contribution in [0.4, 0.5) is 20.1 Å². The zero-order valence-corrected chi connectivity index (χ0v) is 42.7. The van der Waals surface area contributed by atoms with Crippen LogP contribution in [0.1, 0.15) is 74.8 Å². The lowest BCUT2D eigenvalue weighted by molar-refractivity contribution is -0.172. The highest BCUT2D eigenvalue weighted by molar-refractivity contribution is 8.00. The maximum Gasteiger partial charge on any atom is 0.415 e. The molecule has 0 aliphatic carbocycles. The summed E-state index contributed by atoms with van der Waals surface area (Å²) in [5, 5.41) is 31.3. The minimum Gasteiger partial charge on any atom is -0.481 e. The zero-order chi connectivity index (χ0) is 54.0. The summed E-state index contributed by atoms with van der Waals surface area (Å²) in [6.07, 6.45) is -0.412. The number of ether oxygens (including phenoxy) is 3. The number of carboxylic acids is 1. The van der Waals surface area contributed by atoms with Crippen molar-refractivity contribution < 1.29 is 62.8 Å². The van der Waals surface area contributed by atoms with Gasteiger partial charge in [-0.1, -0.05) is 39.8 Å². The first kappa shape index (κ1) is 55.6. The standard InChI is InChI=1S/C50H61N9O14S/c1-7-31-32-20-30(15-16-36(32)54-42-33(31)22-59-38(42)21-35-34(45(59)65)24-71-46(66)50(35,70)8-2)73-49(69)58(6)19-18-57(5)48(68)72-23-28-11-13-29(14-12-28)53-43(63)37(10-9-17-52-47(51)67)55-44(64)41(27(3)4)56-39(60)25-74-26-40(61)62/h11-16,20-21,27,37,41,70H,7-10,17-19,22-26H2,1-6H3,(H,53,63)(H,55,64)(H,56,60)(H,61,62)(H3,51,52,67)/t37-,41-,50-/m0/s1. The van der Waals surface area contributed by atoms with Crippen molar-refractivity contribution in [2.45, 2.75) is 90.8 Å². The van der Waals surface area contributed by atoms with Gasteiger partial charge in [-0.3, -0.25) is 24.0 Å². The number of carbonyl (C=O) groups excluding carboxylic acids is 7. The van der Waals surface area contributed by atoms with Crippen LogP contribution >= 0.6 is 11.8 Å². The van der Waals surface area contributed by atoms with Crippen molar-refractivity contribution in [3.63, 3.8) is 0 Å². The third-order valence-electron chi connectivity index (χ3n) is 12.6. The first-order chi connectivity index (χ1) is 35.1. The lowest BCUT2D eigenvalue weighted by Crippen LogP contribution is -2.54. The van der Waals surface area contributed by atoms with Crippen molar-refractivity contribution in [2.75, 3.05) is 50.6 Å². The molecule has 0 bridgehead atoms. The molecular formula is C50H61N9O14S. The fourth-order valence-corrected chi connectivity index (χ4v) is 9.01. The predicted octanol–water partition coefficient (Wildman–Crippen LogP) is 3.17. The lowest BCUT2D eigenvalue weighted by Gasteiger charge is -2.31. The minimum atomic E-state index is -1.95. The number of urea groups is 1. The van der Waals surface area contributed by atoms with E-state index in [1.54, 1.807) is 73.9 Å². The van der Waals surface area contributed by atoms with Gasteiger partial charge in [-0.05, 0) is 79.1 Å². The van der Waals surface area contributed by atoms with Crippen molar-refractivity contribution >= 4 is 76.2 Å². The van der Waals surface area contributed by atoms with Crippen molar-refractivity contribution in [1.82, 2.24) is 35.3 Å². The van der Waals surface area contributed by atoms with Gasteiger partial charge in [0, 0.05) is 55.9 Å². The average molecular weight is 1040 g/mol. The summed E-state index contributed by atoms with van der Waals surface area (Å²) in [6, 6.07) is 10.2. The van der Waals surface area contributed by atoms with E-state index in [0.717, 1.165) is 28.3 Å². The van der Waals surface area contributed by atoms with E-state index >= 15 is 0 Å². The number of anilines is 1. The van der Waals surface area contributed by atoms with Gasteiger partial charge in [-0.15, -0.1) is 11.8 Å². The number of fused-ring (bicyclic) bond motifs is 5. The summed E-state index contributed by atoms with van der Waals surface area (Å²) < 4.78 is 18.0. The summed E-state index contributed by atoms with van der Waals surface area (Å²) in [5.74, 6) is -4.27. The van der Waals surface area contributed by atoms with E-state index in [9.17, 15) is 48.3 Å². The smallest absolute Gasteiger partial charge is 0.415 e. The number of aryl methyl sites for hydroxylation is 1. The van der Waals surface area contributed by atoms with E-state index in [2.05, 4.69) is 21.3 Å². The fraction of sp³-hybridized carbons (Fsp3) is 0.440. The molecule has 4 heterocycles. The number of aliphatic carboxylic acids is 1. The van der Waals surface area contributed by atoms with Crippen LogP contribution in [0.5, 0.6) is 5.75 Å². The molecule has 2 aliphatic rings. The number of nitrogens with two attached hydrogens (primary N) is 1. The SMILES string of the molecule is CCc1c2c(nc3ccc(OC(=O)N(C)CCN(C)C(=O)OCc4ccc(NC(=O)[C@H](CCCNC(N)=O)NC(=O)[C@@H](NC(=O)CSCC(=O)O)C(C)C)cc4)cc13)-c1cc3c(c(=O)n1C2)COC(=O)[C@]3(O)CC. The van der Waals surface area contributed by atoms with Crippen LogP contribution in [0.25, 0.3) is 22.3 Å². The number of pyridine rings is 2. The Hall–Kier alpha value is -7.73. The number of hydrogen-bond donors (Lipinski definition) is 7. The Morgan fingerprint density at radius 3 is 2.28 bits per heavy atom.